The molecular weight excluding hydrogens is 203 g/mol. The van der Waals surface area contributed by atoms with Gasteiger partial charge in [0.2, 0.25) is 0 Å². The van der Waals surface area contributed by atoms with Gasteiger partial charge in [-0.25, -0.2) is 0 Å². The minimum absolute atomic E-state index is 1.31. The first-order valence-corrected chi connectivity index (χ1v) is 4.31. The maximum absolute atomic E-state index is 3.04. The molecule has 0 spiro atoms. The van der Waals surface area contributed by atoms with E-state index in [1.807, 2.05) is 38.3 Å². The SMILES string of the molecule is CN(C)C.[Zr][c]1ccc[nH]1. The first-order chi connectivity index (χ1) is 4.63. The predicted molar refractivity (Wildman–Crippen MR) is 40.0 cm³/mol. The molecule has 3 heteroatoms. The second-order valence-electron chi connectivity index (χ2n) is 2.43. The molecule has 0 radical (unpaired) electrons. The minimum atomic E-state index is 1.31. The van der Waals surface area contributed by atoms with Gasteiger partial charge in [-0.2, -0.15) is 0 Å². The number of rotatable bonds is 0. The van der Waals surface area contributed by atoms with Crippen molar-refractivity contribution in [3.05, 3.63) is 18.3 Å². The number of hydrogen-bond acceptors (Lipinski definition) is 1. The molecule has 1 aromatic heterocycles. The average Bonchev–Trinajstić information content (AvgIpc) is 2.15. The van der Waals surface area contributed by atoms with Crippen molar-refractivity contribution in [3.8, 4) is 0 Å². The summed E-state index contributed by atoms with van der Waals surface area (Å²) in [6, 6.07) is 4.07. The topological polar surface area (TPSA) is 19.0 Å². The molecule has 1 heterocycles. The normalized spacial score (nSPS) is 8.70. The van der Waals surface area contributed by atoms with Crippen molar-refractivity contribution in [2.24, 2.45) is 0 Å². The third-order valence-corrected chi connectivity index (χ3v) is 1.36. The van der Waals surface area contributed by atoms with Crippen molar-refractivity contribution in [3.63, 3.8) is 0 Å². The number of nitrogens with one attached hydrogen (secondary N) is 1. The van der Waals surface area contributed by atoms with Crippen molar-refractivity contribution in [2.45, 2.75) is 0 Å². The molecule has 0 aliphatic carbocycles. The predicted octanol–water partition coefficient (Wildman–Crippen LogP) is 0.365. The molecule has 1 aromatic rings. The molecule has 10 heavy (non-hydrogen) atoms. The molecule has 0 fully saturated rings. The van der Waals surface area contributed by atoms with Gasteiger partial charge in [-0.3, -0.25) is 0 Å². The van der Waals surface area contributed by atoms with Gasteiger partial charge < -0.3 is 4.90 Å². The van der Waals surface area contributed by atoms with Crippen molar-refractivity contribution < 1.29 is 24.7 Å². The van der Waals surface area contributed by atoms with Crippen LogP contribution in [-0.2, 0) is 24.7 Å². The molecule has 0 bridgehead atoms. The van der Waals surface area contributed by atoms with Crippen LogP contribution in [0.4, 0.5) is 0 Å². The summed E-state index contributed by atoms with van der Waals surface area (Å²) in [5.74, 6) is 0. The van der Waals surface area contributed by atoms with Crippen LogP contribution >= 0.6 is 0 Å². The van der Waals surface area contributed by atoms with E-state index in [-0.39, 0.29) is 0 Å². The van der Waals surface area contributed by atoms with E-state index in [9.17, 15) is 0 Å². The second-order valence-corrected chi connectivity index (χ2v) is 3.75. The number of nitrogens with zero attached hydrogens (tertiary/aromatic N) is 1. The summed E-state index contributed by atoms with van der Waals surface area (Å²) < 4.78 is 1.31. The van der Waals surface area contributed by atoms with Gasteiger partial charge in [0.25, 0.3) is 0 Å². The summed E-state index contributed by atoms with van der Waals surface area (Å²) in [6.45, 7) is 0. The van der Waals surface area contributed by atoms with Crippen LogP contribution in [0.3, 0.4) is 0 Å². The molecule has 0 saturated heterocycles. The number of H-pyrrole nitrogens is 1. The molecular formula is C7H13N2Zr. The molecule has 1 N–H and O–H groups in total. The Morgan fingerprint density at radius 2 is 1.90 bits per heavy atom. The van der Waals surface area contributed by atoms with Crippen LogP contribution in [0, 0.1) is 0 Å². The van der Waals surface area contributed by atoms with Gasteiger partial charge in [-0.1, -0.05) is 0 Å². The van der Waals surface area contributed by atoms with Crippen LogP contribution in [-0.4, -0.2) is 31.0 Å². The van der Waals surface area contributed by atoms with Crippen molar-refractivity contribution in [1.82, 2.24) is 9.88 Å². The zero-order valence-corrected chi connectivity index (χ0v) is 9.14. The van der Waals surface area contributed by atoms with Crippen LogP contribution in [0.25, 0.3) is 0 Å². The van der Waals surface area contributed by atoms with Gasteiger partial charge in [0.15, 0.2) is 0 Å². The van der Waals surface area contributed by atoms with Gasteiger partial charge in [0.1, 0.15) is 0 Å². The van der Waals surface area contributed by atoms with Gasteiger partial charge >= 0.3 is 51.4 Å². The monoisotopic (exact) mass is 215 g/mol. The summed E-state index contributed by atoms with van der Waals surface area (Å²) in [6.07, 6.45) is 1.93. The van der Waals surface area contributed by atoms with Gasteiger partial charge in [-0.05, 0) is 21.1 Å². The Hall–Kier alpha value is 0.123. The van der Waals surface area contributed by atoms with E-state index in [0.29, 0.717) is 0 Å². The van der Waals surface area contributed by atoms with E-state index in [0.717, 1.165) is 0 Å². The van der Waals surface area contributed by atoms with Gasteiger partial charge in [0, 0.05) is 0 Å². The summed E-state index contributed by atoms with van der Waals surface area (Å²) in [7, 11) is 6.00. The Bertz CT molecular complexity index is 144. The third-order valence-electron chi connectivity index (χ3n) is 0.598. The molecule has 0 aliphatic rings. The fourth-order valence-corrected chi connectivity index (χ4v) is 0.772. The fourth-order valence-electron chi connectivity index (χ4n) is 0.330. The van der Waals surface area contributed by atoms with Crippen LogP contribution in [0.5, 0.6) is 0 Å². The van der Waals surface area contributed by atoms with E-state index in [4.69, 9.17) is 0 Å². The number of aromatic nitrogens is 1. The Balaban J connectivity index is 0.000000180. The third kappa shape index (κ3) is 8.12. The quantitative estimate of drug-likeness (QED) is 0.664. The maximum atomic E-state index is 3.04. The zero-order valence-electron chi connectivity index (χ0n) is 6.68. The molecule has 0 saturated carbocycles. The van der Waals surface area contributed by atoms with Crippen molar-refractivity contribution >= 4 is 3.40 Å². The molecule has 0 atom stereocenters. The molecule has 0 aromatic carbocycles. The molecule has 0 amide bonds. The van der Waals surface area contributed by atoms with Crippen LogP contribution in [0.15, 0.2) is 18.3 Å². The Morgan fingerprint density at radius 1 is 1.40 bits per heavy atom. The zero-order chi connectivity index (χ0) is 7.98. The van der Waals surface area contributed by atoms with Crippen LogP contribution in [0.1, 0.15) is 0 Å². The van der Waals surface area contributed by atoms with Crippen molar-refractivity contribution in [1.29, 1.82) is 0 Å². The summed E-state index contributed by atoms with van der Waals surface area (Å²) >= 11 is 1.45. The van der Waals surface area contributed by atoms with Crippen LogP contribution in [0.2, 0.25) is 0 Å². The second kappa shape index (κ2) is 5.87. The molecule has 2 nitrogen and oxygen atoms in total. The molecule has 0 unspecified atom stereocenters. The van der Waals surface area contributed by atoms with E-state index < -0.39 is 0 Å². The van der Waals surface area contributed by atoms with E-state index in [1.165, 1.54) is 28.1 Å². The Morgan fingerprint density at radius 3 is 2.00 bits per heavy atom. The first kappa shape index (κ1) is 10.1. The van der Waals surface area contributed by atoms with Crippen LogP contribution < -0.4 is 3.40 Å². The van der Waals surface area contributed by atoms with E-state index >= 15 is 0 Å². The summed E-state index contributed by atoms with van der Waals surface area (Å²) in [5.41, 5.74) is 0. The molecule has 55 valence electrons. The van der Waals surface area contributed by atoms with E-state index in [2.05, 4.69) is 11.1 Å². The van der Waals surface area contributed by atoms with Crippen molar-refractivity contribution in [2.75, 3.05) is 21.1 Å². The summed E-state index contributed by atoms with van der Waals surface area (Å²) in [5, 5.41) is 0. The first-order valence-electron chi connectivity index (χ1n) is 3.09. The van der Waals surface area contributed by atoms with Gasteiger partial charge in [-0.15, -0.1) is 0 Å². The van der Waals surface area contributed by atoms with E-state index in [1.54, 1.807) is 0 Å². The fraction of sp³-hybridized carbons (Fsp3) is 0.429. The Labute approximate surface area is 77.5 Å². The molecule has 0 aliphatic heterocycles. The number of hydrogen-bond donors (Lipinski definition) is 1. The standard InChI is InChI=1S/C4H4N.C3H9N.Zr/c1-2-4-5-3-1;1-4(2)3;/h1-3,5H;1-3H3;. The van der Waals surface area contributed by atoms with Gasteiger partial charge in [0.05, 0.1) is 0 Å². The number of aromatic amines is 1. The molecule has 1 rings (SSSR count). The summed E-state index contributed by atoms with van der Waals surface area (Å²) in [4.78, 5) is 5.04. The average molecular weight is 216 g/mol. The Kier molecular flexibility index (Phi) is 5.95.